The van der Waals surface area contributed by atoms with Crippen molar-refractivity contribution in [3.05, 3.63) is 33.9 Å². The van der Waals surface area contributed by atoms with Gasteiger partial charge in [-0.05, 0) is 51.5 Å². The lowest BCUT2D eigenvalue weighted by atomic mass is 9.94. The van der Waals surface area contributed by atoms with Gasteiger partial charge in [-0.3, -0.25) is 14.4 Å². The quantitative estimate of drug-likeness (QED) is 0.285. The molecule has 1 N–H and O–H groups in total. The third-order valence-corrected chi connectivity index (χ3v) is 6.46. The van der Waals surface area contributed by atoms with Crippen LogP contribution in [0.15, 0.2) is 11.6 Å². The van der Waals surface area contributed by atoms with E-state index in [0.717, 1.165) is 37.1 Å². The van der Waals surface area contributed by atoms with Crippen molar-refractivity contribution in [1.82, 2.24) is 4.90 Å². The summed E-state index contributed by atoms with van der Waals surface area (Å²) < 4.78 is 16.6. The maximum absolute atomic E-state index is 12.8. The highest BCUT2D eigenvalue weighted by Crippen LogP contribution is 2.43. The number of amides is 1. The maximum Gasteiger partial charge on any atom is 0.342 e. The van der Waals surface area contributed by atoms with Crippen molar-refractivity contribution in [3.63, 3.8) is 0 Å². The molecule has 2 heterocycles. The zero-order valence-electron chi connectivity index (χ0n) is 20.6. The van der Waals surface area contributed by atoms with Crippen LogP contribution in [0.1, 0.15) is 78.9 Å². The third kappa shape index (κ3) is 6.41. The molecule has 0 atom stereocenters. The van der Waals surface area contributed by atoms with E-state index in [2.05, 4.69) is 0 Å². The first-order valence-electron chi connectivity index (χ1n) is 12.0. The van der Waals surface area contributed by atoms with Crippen LogP contribution in [0.25, 0.3) is 0 Å². The number of aliphatic carboxylic acids is 1. The van der Waals surface area contributed by atoms with E-state index >= 15 is 0 Å². The van der Waals surface area contributed by atoms with Gasteiger partial charge in [-0.2, -0.15) is 0 Å². The second-order valence-corrected chi connectivity index (χ2v) is 8.96. The van der Waals surface area contributed by atoms with Crippen molar-refractivity contribution < 1.29 is 38.5 Å². The Balaban J connectivity index is 1.81. The van der Waals surface area contributed by atoms with Crippen molar-refractivity contribution in [2.75, 3.05) is 20.2 Å². The van der Waals surface area contributed by atoms with Crippen LogP contribution >= 0.6 is 0 Å². The Morgan fingerprint density at radius 1 is 1.09 bits per heavy atom. The van der Waals surface area contributed by atoms with Gasteiger partial charge in [0.1, 0.15) is 17.9 Å². The van der Waals surface area contributed by atoms with E-state index in [1.54, 1.807) is 0 Å². The Morgan fingerprint density at radius 2 is 1.80 bits per heavy atom. The summed E-state index contributed by atoms with van der Waals surface area (Å²) in [5.74, 6) is -1.34. The maximum atomic E-state index is 12.8. The van der Waals surface area contributed by atoms with Crippen molar-refractivity contribution in [2.24, 2.45) is 0 Å². The first-order valence-corrected chi connectivity index (χ1v) is 12.0. The zero-order valence-corrected chi connectivity index (χ0v) is 20.6. The summed E-state index contributed by atoms with van der Waals surface area (Å²) in [6.45, 7) is 5.25. The highest BCUT2D eigenvalue weighted by Gasteiger charge is 2.34. The highest BCUT2D eigenvalue weighted by molar-refractivity contribution is 5.99. The molecule has 35 heavy (non-hydrogen) atoms. The number of likely N-dealkylation sites (tertiary alicyclic amines) is 1. The number of fused-ring (bicyclic) bond motifs is 1. The van der Waals surface area contributed by atoms with Crippen molar-refractivity contribution in [3.8, 4) is 11.5 Å². The summed E-state index contributed by atoms with van der Waals surface area (Å²) >= 11 is 0. The summed E-state index contributed by atoms with van der Waals surface area (Å²) in [6.07, 6.45) is 5.20. The lowest BCUT2D eigenvalue weighted by Crippen LogP contribution is -2.27. The number of rotatable bonds is 11. The van der Waals surface area contributed by atoms with E-state index in [1.165, 1.54) is 7.11 Å². The molecule has 0 bridgehead atoms. The fraction of sp³-hybridized carbons (Fsp3) is 0.538. The molecule has 1 amide bonds. The topological polar surface area (TPSA) is 119 Å². The summed E-state index contributed by atoms with van der Waals surface area (Å²) in [7, 11) is 1.51. The standard InChI is InChI=1S/C26H33NO8/c1-16(10-12-21(29)30)9-11-18-24(33-3)17(2)19-15-34-26(32)23(19)25(18)35-22(31)8-6-7-20(28)27-13-4-5-14-27/h9H,4-8,10-15H2,1-3H3,(H,29,30)/b16-9+. The summed E-state index contributed by atoms with van der Waals surface area (Å²) in [4.78, 5) is 50.3. The van der Waals surface area contributed by atoms with Gasteiger partial charge in [0, 0.05) is 43.5 Å². The fourth-order valence-electron chi connectivity index (χ4n) is 4.48. The molecule has 9 nitrogen and oxygen atoms in total. The lowest BCUT2D eigenvalue weighted by Gasteiger charge is -2.19. The number of benzene rings is 1. The first kappa shape index (κ1) is 26.2. The molecule has 1 saturated heterocycles. The summed E-state index contributed by atoms with van der Waals surface area (Å²) in [6, 6.07) is 0. The number of allylic oxidation sites excluding steroid dienone is 2. The molecule has 1 aromatic carbocycles. The van der Waals surface area contributed by atoms with Crippen LogP contribution in [0.2, 0.25) is 0 Å². The van der Waals surface area contributed by atoms with E-state index in [0.29, 0.717) is 29.7 Å². The Bertz CT molecular complexity index is 1040. The average molecular weight is 488 g/mol. The SMILES string of the molecule is COc1c(C)c2c(c(OC(=O)CCCC(=O)N3CCCC3)c1C/C=C(\C)CCC(=O)O)C(=O)OC2. The number of esters is 2. The number of carboxylic acid groups (broad SMARTS) is 1. The third-order valence-electron chi connectivity index (χ3n) is 6.46. The first-order chi connectivity index (χ1) is 16.7. The van der Waals surface area contributed by atoms with Gasteiger partial charge in [0.15, 0.2) is 5.75 Å². The van der Waals surface area contributed by atoms with E-state index in [1.807, 2.05) is 24.8 Å². The minimum atomic E-state index is -0.885. The molecule has 0 saturated carbocycles. The van der Waals surface area contributed by atoms with E-state index < -0.39 is 17.9 Å². The molecular formula is C26H33NO8. The van der Waals surface area contributed by atoms with Crippen molar-refractivity contribution >= 4 is 23.8 Å². The highest BCUT2D eigenvalue weighted by atomic mass is 16.6. The Hall–Kier alpha value is -3.36. The number of cyclic esters (lactones) is 1. The van der Waals surface area contributed by atoms with Crippen LogP contribution in [0.3, 0.4) is 0 Å². The number of ether oxygens (including phenoxy) is 3. The van der Waals surface area contributed by atoms with Gasteiger partial charge in [-0.25, -0.2) is 4.79 Å². The number of carbonyl (C=O) groups is 4. The van der Waals surface area contributed by atoms with Gasteiger partial charge in [-0.1, -0.05) is 11.6 Å². The molecule has 190 valence electrons. The van der Waals surface area contributed by atoms with E-state index in [9.17, 15) is 19.2 Å². The molecule has 0 aliphatic carbocycles. The van der Waals surface area contributed by atoms with Gasteiger partial charge < -0.3 is 24.2 Å². The van der Waals surface area contributed by atoms with Crippen LogP contribution in [-0.4, -0.2) is 54.0 Å². The lowest BCUT2D eigenvalue weighted by molar-refractivity contribution is -0.137. The molecule has 2 aliphatic heterocycles. The van der Waals surface area contributed by atoms with Crippen molar-refractivity contribution in [1.29, 1.82) is 0 Å². The van der Waals surface area contributed by atoms with Gasteiger partial charge in [0.25, 0.3) is 0 Å². The van der Waals surface area contributed by atoms with Gasteiger partial charge in [-0.15, -0.1) is 0 Å². The largest absolute Gasteiger partial charge is 0.496 e. The van der Waals surface area contributed by atoms with Crippen LogP contribution in [0, 0.1) is 6.92 Å². The number of nitrogens with zero attached hydrogens (tertiary/aromatic N) is 1. The predicted octanol–water partition coefficient (Wildman–Crippen LogP) is 3.73. The number of methoxy groups -OCH3 is 1. The number of carboxylic acids is 1. The number of hydrogen-bond acceptors (Lipinski definition) is 7. The molecular weight excluding hydrogens is 454 g/mol. The summed E-state index contributed by atoms with van der Waals surface area (Å²) in [5, 5.41) is 8.93. The summed E-state index contributed by atoms with van der Waals surface area (Å²) in [5.41, 5.74) is 2.95. The minimum Gasteiger partial charge on any atom is -0.496 e. The monoisotopic (exact) mass is 487 g/mol. The van der Waals surface area contributed by atoms with Crippen LogP contribution in [0.5, 0.6) is 11.5 Å². The zero-order chi connectivity index (χ0) is 25.5. The van der Waals surface area contributed by atoms with Gasteiger partial charge in [0.05, 0.1) is 7.11 Å². The molecule has 2 aliphatic rings. The number of carbonyl (C=O) groups excluding carboxylic acids is 3. The second-order valence-electron chi connectivity index (χ2n) is 8.96. The molecule has 0 aromatic heterocycles. The van der Waals surface area contributed by atoms with Crippen LogP contribution in [0.4, 0.5) is 0 Å². The molecule has 1 fully saturated rings. The normalized spacial score (nSPS) is 15.1. The van der Waals surface area contributed by atoms with E-state index in [-0.39, 0.29) is 49.5 Å². The fourth-order valence-corrected chi connectivity index (χ4v) is 4.48. The van der Waals surface area contributed by atoms with E-state index in [4.69, 9.17) is 19.3 Å². The molecule has 9 heteroatoms. The molecule has 0 radical (unpaired) electrons. The molecule has 0 unspecified atom stereocenters. The van der Waals surface area contributed by atoms with Crippen LogP contribution < -0.4 is 9.47 Å². The molecule has 3 rings (SSSR count). The Labute approximate surface area is 205 Å². The molecule has 1 aromatic rings. The molecule has 0 spiro atoms. The Morgan fingerprint density at radius 3 is 2.46 bits per heavy atom. The van der Waals surface area contributed by atoms with Gasteiger partial charge in [0.2, 0.25) is 5.91 Å². The smallest absolute Gasteiger partial charge is 0.342 e. The number of hydrogen-bond donors (Lipinski definition) is 1. The second kappa shape index (κ2) is 11.9. The minimum absolute atomic E-state index is 0.00695. The Kier molecular flexibility index (Phi) is 8.89. The predicted molar refractivity (Wildman–Crippen MR) is 126 cm³/mol. The average Bonchev–Trinajstić information content (AvgIpc) is 3.49. The van der Waals surface area contributed by atoms with Crippen molar-refractivity contribution in [2.45, 2.75) is 71.8 Å². The van der Waals surface area contributed by atoms with Crippen LogP contribution in [-0.2, 0) is 32.1 Å². The van der Waals surface area contributed by atoms with Gasteiger partial charge >= 0.3 is 17.9 Å².